The van der Waals surface area contributed by atoms with Crippen LogP contribution in [0.2, 0.25) is 0 Å². The van der Waals surface area contributed by atoms with Crippen LogP contribution < -0.4 is 31.7 Å². The van der Waals surface area contributed by atoms with Gasteiger partial charge < -0.3 is 41.4 Å². The fourth-order valence-corrected chi connectivity index (χ4v) is 5.91. The second-order valence-corrected chi connectivity index (χ2v) is 14.5. The molecule has 0 saturated heterocycles. The number of primary amides is 1. The molecule has 1 aromatic rings. The highest BCUT2D eigenvalue weighted by molar-refractivity contribution is 6.13. The Hall–Kier alpha value is -5.65. The van der Waals surface area contributed by atoms with E-state index >= 15 is 0 Å². The minimum atomic E-state index is -0.844. The maximum atomic E-state index is 13.7. The third-order valence-electron chi connectivity index (χ3n) is 9.23. The number of Topliss-reactive ketones (excluding diaryl/α,β-unsaturated/α-hetero) is 3. The van der Waals surface area contributed by atoms with Crippen molar-refractivity contribution in [2.45, 2.75) is 91.2 Å². The van der Waals surface area contributed by atoms with Crippen molar-refractivity contribution in [3.05, 3.63) is 35.9 Å². The normalized spacial score (nSPS) is 13.2. The number of nitrogens with zero attached hydrogens (tertiary/aromatic N) is 2. The first-order valence-corrected chi connectivity index (χ1v) is 19.5. The highest BCUT2D eigenvalue weighted by Gasteiger charge is 2.29. The van der Waals surface area contributed by atoms with Crippen LogP contribution in [0.4, 0.5) is 15.3 Å². The smallest absolute Gasteiger partial charge is 0.409 e. The molecule has 58 heavy (non-hydrogen) atoms. The number of ketones is 3. The maximum Gasteiger partial charge on any atom is 0.409 e. The molecule has 1 heterocycles. The van der Waals surface area contributed by atoms with Crippen molar-refractivity contribution in [3.8, 4) is 5.75 Å². The summed E-state index contributed by atoms with van der Waals surface area (Å²) in [5.41, 5.74) is 5.88. The van der Waals surface area contributed by atoms with Gasteiger partial charge in [-0.15, -0.1) is 0 Å². The third-order valence-corrected chi connectivity index (χ3v) is 9.23. The fraction of sp³-hybridized carbons (Fsp3) is 0.575. The van der Waals surface area contributed by atoms with E-state index in [2.05, 4.69) is 21.3 Å². The van der Waals surface area contributed by atoms with E-state index in [1.165, 1.54) is 30.0 Å². The number of carbonyl (C=O) groups excluding carboxylic acids is 9. The van der Waals surface area contributed by atoms with Crippen LogP contribution in [0.1, 0.15) is 84.1 Å². The number of urea groups is 1. The molecule has 0 radical (unpaired) electrons. The number of likely N-dealkylation sites (N-methyl/N-ethyl adjacent to an activating group) is 2. The number of hydrogen-bond donors (Lipinski definition) is 5. The molecule has 18 nitrogen and oxygen atoms in total. The topological polar surface area (TPSA) is 253 Å². The van der Waals surface area contributed by atoms with E-state index in [0.29, 0.717) is 44.3 Å². The van der Waals surface area contributed by atoms with Crippen molar-refractivity contribution in [2.75, 3.05) is 52.2 Å². The number of benzene rings is 1. The van der Waals surface area contributed by atoms with Crippen LogP contribution in [0.15, 0.2) is 30.4 Å². The van der Waals surface area contributed by atoms with Gasteiger partial charge in [0, 0.05) is 101 Å². The lowest BCUT2D eigenvalue weighted by Crippen LogP contribution is -2.44. The summed E-state index contributed by atoms with van der Waals surface area (Å²) in [5, 5.41) is 10.9. The molecule has 2 rings (SSSR count). The van der Waals surface area contributed by atoms with Gasteiger partial charge in [0.25, 0.3) is 11.8 Å². The van der Waals surface area contributed by atoms with Crippen LogP contribution in [-0.2, 0) is 44.9 Å². The first-order valence-electron chi connectivity index (χ1n) is 19.5. The summed E-state index contributed by atoms with van der Waals surface area (Å²) >= 11 is 0. The molecule has 0 saturated carbocycles. The summed E-state index contributed by atoms with van der Waals surface area (Å²) in [7, 11) is 3.35. The Labute approximate surface area is 339 Å². The van der Waals surface area contributed by atoms with Crippen LogP contribution >= 0.6 is 0 Å². The molecular formula is C40H59N7O11. The molecule has 0 aliphatic carbocycles. The summed E-state index contributed by atoms with van der Waals surface area (Å²) in [5.74, 6) is -3.29. The molecular weight excluding hydrogens is 754 g/mol. The standard InChI is InChI=1S/C40H59N7O11/c1-26(2)37(44-27(3)48)33(51)22-28(10-9-18-43-39(41)55)38(54)45-30-14-13-29(24-58-40(56)46(5)21-19-42-4)34(23-30)57-25-32(50)12-8-6-7-11-31(49)17-20-47-35(52)15-16-36(47)53/h13-16,23,26,28,37,42H,6-12,17-22,24-25H2,1-5H3,(H,44,48)(H,45,54)(H3,41,43,55)/t28-,37+/m1/s1. The van der Waals surface area contributed by atoms with Gasteiger partial charge in [-0.05, 0) is 50.8 Å². The Morgan fingerprint density at radius 1 is 0.897 bits per heavy atom. The Balaban J connectivity index is 2.11. The quantitative estimate of drug-likeness (QED) is 0.0604. The lowest BCUT2D eigenvalue weighted by atomic mass is 9.89. The summed E-state index contributed by atoms with van der Waals surface area (Å²) < 4.78 is 11.4. The number of hydrogen-bond acceptors (Lipinski definition) is 12. The number of ether oxygens (including phenoxy) is 2. The Morgan fingerprint density at radius 2 is 1.57 bits per heavy atom. The zero-order valence-electron chi connectivity index (χ0n) is 34.2. The van der Waals surface area contributed by atoms with Crippen LogP contribution in [0.25, 0.3) is 0 Å². The van der Waals surface area contributed by atoms with E-state index in [1.54, 1.807) is 40.1 Å². The summed E-state index contributed by atoms with van der Waals surface area (Å²) in [4.78, 5) is 113. The molecule has 320 valence electrons. The van der Waals surface area contributed by atoms with E-state index in [4.69, 9.17) is 15.2 Å². The van der Waals surface area contributed by atoms with Crippen LogP contribution in [-0.4, -0.2) is 116 Å². The molecule has 6 N–H and O–H groups in total. The van der Waals surface area contributed by atoms with Crippen molar-refractivity contribution >= 4 is 58.8 Å². The first kappa shape index (κ1) is 48.5. The third kappa shape index (κ3) is 18.1. The predicted molar refractivity (Wildman–Crippen MR) is 213 cm³/mol. The van der Waals surface area contributed by atoms with Crippen molar-refractivity contribution in [1.29, 1.82) is 0 Å². The van der Waals surface area contributed by atoms with Gasteiger partial charge in [-0.25, -0.2) is 9.59 Å². The lowest BCUT2D eigenvalue weighted by Gasteiger charge is -2.23. The molecule has 0 bridgehead atoms. The van der Waals surface area contributed by atoms with Crippen LogP contribution in [0, 0.1) is 11.8 Å². The number of nitrogens with one attached hydrogen (secondary N) is 4. The van der Waals surface area contributed by atoms with Crippen molar-refractivity contribution < 1.29 is 52.6 Å². The summed E-state index contributed by atoms with van der Waals surface area (Å²) in [6.07, 6.45) is 4.23. The Morgan fingerprint density at radius 3 is 2.19 bits per heavy atom. The second-order valence-electron chi connectivity index (χ2n) is 14.5. The van der Waals surface area contributed by atoms with E-state index in [9.17, 15) is 43.2 Å². The van der Waals surface area contributed by atoms with Crippen molar-refractivity contribution in [2.24, 2.45) is 17.6 Å². The molecule has 0 fully saturated rings. The fourth-order valence-electron chi connectivity index (χ4n) is 5.91. The molecule has 2 atom stereocenters. The average molecular weight is 814 g/mol. The maximum absolute atomic E-state index is 13.7. The minimum Gasteiger partial charge on any atom is -0.485 e. The number of carbonyl (C=O) groups is 9. The molecule has 7 amide bonds. The number of anilines is 1. The number of amides is 7. The molecule has 1 aromatic carbocycles. The van der Waals surface area contributed by atoms with Gasteiger partial charge in [0.15, 0.2) is 11.6 Å². The lowest BCUT2D eigenvalue weighted by molar-refractivity contribution is -0.137. The minimum absolute atomic E-state index is 0.0352. The van der Waals surface area contributed by atoms with E-state index < -0.39 is 41.8 Å². The van der Waals surface area contributed by atoms with Gasteiger partial charge in [-0.1, -0.05) is 20.3 Å². The Kier molecular flexibility index (Phi) is 21.4. The van der Waals surface area contributed by atoms with Crippen LogP contribution in [0.5, 0.6) is 5.75 Å². The van der Waals surface area contributed by atoms with Gasteiger partial charge in [0.05, 0.1) is 6.04 Å². The van der Waals surface area contributed by atoms with Gasteiger partial charge in [0.2, 0.25) is 11.8 Å². The monoisotopic (exact) mass is 813 g/mol. The van der Waals surface area contributed by atoms with Crippen LogP contribution in [0.3, 0.4) is 0 Å². The first-order chi connectivity index (χ1) is 27.5. The average Bonchev–Trinajstić information content (AvgIpc) is 3.49. The molecule has 0 aromatic heterocycles. The van der Waals surface area contributed by atoms with E-state index in [1.807, 2.05) is 0 Å². The van der Waals surface area contributed by atoms with E-state index in [0.717, 1.165) is 4.90 Å². The largest absolute Gasteiger partial charge is 0.485 e. The molecule has 0 spiro atoms. The van der Waals surface area contributed by atoms with Gasteiger partial charge >= 0.3 is 12.1 Å². The zero-order chi connectivity index (χ0) is 43.2. The van der Waals surface area contributed by atoms with Gasteiger partial charge in [-0.3, -0.25) is 38.5 Å². The SMILES string of the molecule is CNCCN(C)C(=O)OCc1ccc(NC(=O)[C@H](CCCNC(N)=O)CC(=O)[C@@H](NC(C)=O)C(C)C)cc1OCC(=O)CCCCCC(=O)CCN1C(=O)C=CC1=O. The summed E-state index contributed by atoms with van der Waals surface area (Å²) in [6, 6.07) is 3.12. The molecule has 1 aliphatic rings. The molecule has 1 aliphatic heterocycles. The number of unbranched alkanes of at least 4 members (excludes halogenated alkanes) is 2. The molecule has 0 unspecified atom stereocenters. The van der Waals surface area contributed by atoms with Crippen molar-refractivity contribution in [1.82, 2.24) is 25.8 Å². The zero-order valence-corrected chi connectivity index (χ0v) is 34.2. The number of nitrogens with two attached hydrogens (primary N) is 1. The van der Waals surface area contributed by atoms with Crippen molar-refractivity contribution in [3.63, 3.8) is 0 Å². The number of imide groups is 1. The highest BCUT2D eigenvalue weighted by atomic mass is 16.6. The summed E-state index contributed by atoms with van der Waals surface area (Å²) in [6.45, 7) is 5.51. The number of rotatable bonds is 28. The van der Waals surface area contributed by atoms with Gasteiger partial charge in [-0.2, -0.15) is 0 Å². The molecule has 18 heteroatoms. The second kappa shape index (κ2) is 25.6. The van der Waals surface area contributed by atoms with Gasteiger partial charge in [0.1, 0.15) is 24.7 Å². The predicted octanol–water partition coefficient (Wildman–Crippen LogP) is 2.38. The van der Waals surface area contributed by atoms with E-state index in [-0.39, 0.29) is 99.0 Å². The Bertz CT molecular complexity index is 1640. The highest BCUT2D eigenvalue weighted by Crippen LogP contribution is 2.27.